The molecule has 0 aliphatic carbocycles. The van der Waals surface area contributed by atoms with E-state index in [2.05, 4.69) is 4.90 Å². The summed E-state index contributed by atoms with van der Waals surface area (Å²) in [6, 6.07) is 12.6. The van der Waals surface area contributed by atoms with E-state index in [1.807, 2.05) is 29.2 Å². The summed E-state index contributed by atoms with van der Waals surface area (Å²) in [6.07, 6.45) is 0. The molecule has 1 fully saturated rings. The summed E-state index contributed by atoms with van der Waals surface area (Å²) in [5, 5.41) is 0.697. The second kappa shape index (κ2) is 9.66. The number of halogens is 1. The maximum atomic E-state index is 12.8. The summed E-state index contributed by atoms with van der Waals surface area (Å²) in [5.74, 6) is 2.00. The molecule has 3 rings (SSSR count). The van der Waals surface area contributed by atoms with E-state index in [9.17, 15) is 4.79 Å². The van der Waals surface area contributed by atoms with E-state index >= 15 is 0 Å². The molecule has 0 N–H and O–H groups in total. The topological polar surface area (TPSA) is 51.2 Å². The van der Waals surface area contributed by atoms with Crippen molar-refractivity contribution in [3.8, 4) is 17.2 Å². The molecule has 0 aromatic heterocycles. The Hall–Kier alpha value is -2.44. The van der Waals surface area contributed by atoms with E-state index in [1.54, 1.807) is 32.4 Å². The number of nitrogens with zero attached hydrogens (tertiary/aromatic N) is 2. The fourth-order valence-corrected chi connectivity index (χ4v) is 3.28. The summed E-state index contributed by atoms with van der Waals surface area (Å²) in [4.78, 5) is 16.9. The van der Waals surface area contributed by atoms with Crippen LogP contribution < -0.4 is 14.2 Å². The van der Waals surface area contributed by atoms with Crippen LogP contribution in [-0.2, 0) is 0 Å². The van der Waals surface area contributed by atoms with Crippen LogP contribution in [0.4, 0.5) is 0 Å². The zero-order chi connectivity index (χ0) is 19.9. The minimum absolute atomic E-state index is 0.0121. The highest BCUT2D eigenvalue weighted by Crippen LogP contribution is 2.28. The van der Waals surface area contributed by atoms with Crippen molar-refractivity contribution in [2.75, 3.05) is 53.6 Å². The van der Waals surface area contributed by atoms with E-state index < -0.39 is 0 Å². The van der Waals surface area contributed by atoms with Crippen LogP contribution in [0.3, 0.4) is 0 Å². The average Bonchev–Trinajstić information content (AvgIpc) is 2.74. The number of methoxy groups -OCH3 is 2. The summed E-state index contributed by atoms with van der Waals surface area (Å²) >= 11 is 5.87. The lowest BCUT2D eigenvalue weighted by Crippen LogP contribution is -2.49. The van der Waals surface area contributed by atoms with E-state index in [0.29, 0.717) is 41.8 Å². The number of piperazine rings is 1. The number of benzene rings is 2. The molecule has 7 heteroatoms. The van der Waals surface area contributed by atoms with Crippen LogP contribution in [-0.4, -0.2) is 69.3 Å². The molecule has 150 valence electrons. The van der Waals surface area contributed by atoms with Crippen LogP contribution in [0.25, 0.3) is 0 Å². The number of hydrogen-bond donors (Lipinski definition) is 0. The van der Waals surface area contributed by atoms with Gasteiger partial charge in [0.15, 0.2) is 11.5 Å². The lowest BCUT2D eigenvalue weighted by atomic mass is 10.1. The number of rotatable bonds is 7. The first-order valence-corrected chi connectivity index (χ1v) is 9.60. The van der Waals surface area contributed by atoms with Gasteiger partial charge >= 0.3 is 0 Å². The monoisotopic (exact) mass is 404 g/mol. The van der Waals surface area contributed by atoms with Crippen LogP contribution >= 0.6 is 11.6 Å². The molecular weight excluding hydrogens is 380 g/mol. The zero-order valence-corrected chi connectivity index (χ0v) is 16.9. The summed E-state index contributed by atoms with van der Waals surface area (Å²) in [6.45, 7) is 4.44. The van der Waals surface area contributed by atoms with Crippen LogP contribution in [0, 0.1) is 0 Å². The standard InChI is InChI=1S/C21H25ClN2O4/c1-26-19-8-3-16(15-20(19)27-2)21(25)24-11-9-23(10-12-24)13-14-28-18-6-4-17(22)5-7-18/h3-8,15H,9-14H2,1-2H3. The molecule has 6 nitrogen and oxygen atoms in total. The molecule has 0 saturated carbocycles. The number of amides is 1. The first kappa shape index (κ1) is 20.3. The van der Waals surface area contributed by atoms with Crippen LogP contribution in [0.5, 0.6) is 17.2 Å². The fraction of sp³-hybridized carbons (Fsp3) is 0.381. The van der Waals surface area contributed by atoms with Gasteiger partial charge in [-0.15, -0.1) is 0 Å². The van der Waals surface area contributed by atoms with Gasteiger partial charge in [0.2, 0.25) is 0 Å². The molecule has 1 aliphatic rings. The van der Waals surface area contributed by atoms with Gasteiger partial charge in [-0.2, -0.15) is 0 Å². The molecule has 0 spiro atoms. The van der Waals surface area contributed by atoms with Crippen molar-refractivity contribution in [1.82, 2.24) is 9.80 Å². The second-order valence-corrected chi connectivity index (χ2v) is 6.94. The van der Waals surface area contributed by atoms with Gasteiger partial charge in [-0.25, -0.2) is 0 Å². The predicted octanol–water partition coefficient (Wildman–Crippen LogP) is 3.19. The highest BCUT2D eigenvalue weighted by Gasteiger charge is 2.23. The fourth-order valence-electron chi connectivity index (χ4n) is 3.15. The lowest BCUT2D eigenvalue weighted by Gasteiger charge is -2.34. The van der Waals surface area contributed by atoms with Crippen molar-refractivity contribution in [1.29, 1.82) is 0 Å². The first-order valence-electron chi connectivity index (χ1n) is 9.22. The molecule has 1 heterocycles. The minimum Gasteiger partial charge on any atom is -0.493 e. The smallest absolute Gasteiger partial charge is 0.254 e. The number of hydrogen-bond acceptors (Lipinski definition) is 5. The van der Waals surface area contributed by atoms with Crippen LogP contribution in [0.15, 0.2) is 42.5 Å². The third-order valence-electron chi connectivity index (χ3n) is 4.78. The van der Waals surface area contributed by atoms with E-state index in [0.717, 1.165) is 25.4 Å². The van der Waals surface area contributed by atoms with Crippen molar-refractivity contribution >= 4 is 17.5 Å². The van der Waals surface area contributed by atoms with Gasteiger partial charge in [-0.05, 0) is 42.5 Å². The quantitative estimate of drug-likeness (QED) is 0.709. The Morgan fingerprint density at radius 1 is 0.964 bits per heavy atom. The molecule has 1 aliphatic heterocycles. The minimum atomic E-state index is 0.0121. The van der Waals surface area contributed by atoms with E-state index in [4.69, 9.17) is 25.8 Å². The van der Waals surface area contributed by atoms with E-state index in [-0.39, 0.29) is 5.91 Å². The zero-order valence-electron chi connectivity index (χ0n) is 16.2. The third kappa shape index (κ3) is 5.09. The molecular formula is C21H25ClN2O4. The molecule has 0 bridgehead atoms. The molecule has 28 heavy (non-hydrogen) atoms. The van der Waals surface area contributed by atoms with Crippen molar-refractivity contribution in [2.24, 2.45) is 0 Å². The Morgan fingerprint density at radius 2 is 1.64 bits per heavy atom. The third-order valence-corrected chi connectivity index (χ3v) is 5.03. The highest BCUT2D eigenvalue weighted by molar-refractivity contribution is 6.30. The summed E-state index contributed by atoms with van der Waals surface area (Å²) < 4.78 is 16.3. The van der Waals surface area contributed by atoms with Crippen molar-refractivity contribution < 1.29 is 19.0 Å². The van der Waals surface area contributed by atoms with Gasteiger partial charge in [0, 0.05) is 43.3 Å². The normalized spacial score (nSPS) is 14.6. The maximum Gasteiger partial charge on any atom is 0.254 e. The molecule has 2 aromatic carbocycles. The Morgan fingerprint density at radius 3 is 2.29 bits per heavy atom. The van der Waals surface area contributed by atoms with Gasteiger partial charge in [-0.1, -0.05) is 11.6 Å². The largest absolute Gasteiger partial charge is 0.493 e. The number of carbonyl (C=O) groups is 1. The second-order valence-electron chi connectivity index (χ2n) is 6.51. The Bertz CT molecular complexity index is 789. The number of ether oxygens (including phenoxy) is 3. The molecule has 1 saturated heterocycles. The lowest BCUT2D eigenvalue weighted by molar-refractivity contribution is 0.0620. The Kier molecular flexibility index (Phi) is 7.01. The highest BCUT2D eigenvalue weighted by atomic mass is 35.5. The van der Waals surface area contributed by atoms with Gasteiger partial charge in [-0.3, -0.25) is 9.69 Å². The van der Waals surface area contributed by atoms with Crippen molar-refractivity contribution in [3.63, 3.8) is 0 Å². The molecule has 1 amide bonds. The predicted molar refractivity (Wildman–Crippen MR) is 109 cm³/mol. The van der Waals surface area contributed by atoms with Gasteiger partial charge in [0.05, 0.1) is 14.2 Å². The number of carbonyl (C=O) groups excluding carboxylic acids is 1. The van der Waals surface area contributed by atoms with Gasteiger partial charge in [0.1, 0.15) is 12.4 Å². The molecule has 0 radical (unpaired) electrons. The molecule has 0 atom stereocenters. The average molecular weight is 405 g/mol. The summed E-state index contributed by atoms with van der Waals surface area (Å²) in [5.41, 5.74) is 0.608. The SMILES string of the molecule is COc1ccc(C(=O)N2CCN(CCOc3ccc(Cl)cc3)CC2)cc1OC. The Balaban J connectivity index is 1.46. The Labute approximate surface area is 170 Å². The van der Waals surface area contributed by atoms with E-state index in [1.165, 1.54) is 0 Å². The molecule has 0 unspecified atom stereocenters. The van der Waals surface area contributed by atoms with Gasteiger partial charge < -0.3 is 19.1 Å². The first-order chi connectivity index (χ1) is 13.6. The van der Waals surface area contributed by atoms with Crippen LogP contribution in [0.2, 0.25) is 5.02 Å². The van der Waals surface area contributed by atoms with Crippen molar-refractivity contribution in [2.45, 2.75) is 0 Å². The molecule has 2 aromatic rings. The van der Waals surface area contributed by atoms with Crippen molar-refractivity contribution in [3.05, 3.63) is 53.1 Å². The summed E-state index contributed by atoms with van der Waals surface area (Å²) in [7, 11) is 3.15. The van der Waals surface area contributed by atoms with Gasteiger partial charge in [0.25, 0.3) is 5.91 Å². The van der Waals surface area contributed by atoms with Crippen LogP contribution in [0.1, 0.15) is 10.4 Å². The maximum absolute atomic E-state index is 12.8.